The minimum Gasteiger partial charge on any atom is -0.497 e. The second kappa shape index (κ2) is 7.13. The first-order chi connectivity index (χ1) is 12.5. The SMILES string of the molecule is CCCS(=O)(=O)N1CCC[C@@H]2CN3CCc4cc(OC)ccc4[C@H]3C[C@@H]21. The monoisotopic (exact) mass is 378 g/mol. The Morgan fingerprint density at radius 3 is 2.88 bits per heavy atom. The fourth-order valence-electron chi connectivity index (χ4n) is 5.24. The molecule has 26 heavy (non-hydrogen) atoms. The van der Waals surface area contributed by atoms with Crippen LogP contribution in [0.15, 0.2) is 18.2 Å². The molecule has 0 unspecified atom stereocenters. The fraction of sp³-hybridized carbons (Fsp3) is 0.700. The predicted molar refractivity (Wildman–Crippen MR) is 103 cm³/mol. The summed E-state index contributed by atoms with van der Waals surface area (Å²) in [5.74, 6) is 1.67. The van der Waals surface area contributed by atoms with Crippen LogP contribution in [0, 0.1) is 5.92 Å². The maximum absolute atomic E-state index is 12.8. The van der Waals surface area contributed by atoms with E-state index in [1.807, 2.05) is 17.3 Å². The third-order valence-corrected chi connectivity index (χ3v) is 8.53. The Hall–Kier alpha value is -1.11. The lowest BCUT2D eigenvalue weighted by Gasteiger charge is -2.51. The normalized spacial score (nSPS) is 29.5. The van der Waals surface area contributed by atoms with E-state index in [1.165, 1.54) is 11.1 Å². The molecule has 0 aliphatic carbocycles. The van der Waals surface area contributed by atoms with E-state index < -0.39 is 10.0 Å². The van der Waals surface area contributed by atoms with Gasteiger partial charge in [-0.15, -0.1) is 0 Å². The Balaban J connectivity index is 1.63. The number of ether oxygens (including phenoxy) is 1. The summed E-state index contributed by atoms with van der Waals surface area (Å²) in [5, 5.41) is 0. The molecule has 4 rings (SSSR count). The summed E-state index contributed by atoms with van der Waals surface area (Å²) in [4.78, 5) is 2.59. The van der Waals surface area contributed by atoms with E-state index in [0.29, 0.717) is 24.9 Å². The number of benzene rings is 1. The molecule has 3 aliphatic heterocycles. The lowest BCUT2D eigenvalue weighted by atomic mass is 9.77. The van der Waals surface area contributed by atoms with Gasteiger partial charge in [-0.05, 0) is 61.3 Å². The number of hydrogen-bond donors (Lipinski definition) is 0. The van der Waals surface area contributed by atoms with Crippen molar-refractivity contribution in [2.75, 3.05) is 32.5 Å². The topological polar surface area (TPSA) is 49.9 Å². The van der Waals surface area contributed by atoms with Crippen LogP contribution < -0.4 is 4.74 Å². The fourth-order valence-corrected chi connectivity index (χ4v) is 7.07. The number of sulfonamides is 1. The number of rotatable bonds is 4. The van der Waals surface area contributed by atoms with E-state index in [9.17, 15) is 8.42 Å². The first kappa shape index (κ1) is 18.3. The molecule has 0 N–H and O–H groups in total. The molecule has 144 valence electrons. The van der Waals surface area contributed by atoms with Gasteiger partial charge in [0.15, 0.2) is 0 Å². The Morgan fingerprint density at radius 2 is 2.12 bits per heavy atom. The lowest BCUT2D eigenvalue weighted by molar-refractivity contribution is 0.0220. The largest absolute Gasteiger partial charge is 0.497 e. The first-order valence-corrected chi connectivity index (χ1v) is 11.5. The quantitative estimate of drug-likeness (QED) is 0.808. The number of methoxy groups -OCH3 is 1. The van der Waals surface area contributed by atoms with Gasteiger partial charge in [-0.3, -0.25) is 4.90 Å². The van der Waals surface area contributed by atoms with Crippen molar-refractivity contribution in [1.29, 1.82) is 0 Å². The van der Waals surface area contributed by atoms with E-state index in [2.05, 4.69) is 17.0 Å². The average molecular weight is 379 g/mol. The molecule has 3 atom stereocenters. The maximum Gasteiger partial charge on any atom is 0.214 e. The van der Waals surface area contributed by atoms with Crippen LogP contribution in [0.2, 0.25) is 0 Å². The molecular weight excluding hydrogens is 348 g/mol. The average Bonchev–Trinajstić information content (AvgIpc) is 2.65. The molecule has 0 bridgehead atoms. The highest BCUT2D eigenvalue weighted by atomic mass is 32.2. The molecule has 0 amide bonds. The van der Waals surface area contributed by atoms with E-state index >= 15 is 0 Å². The number of fused-ring (bicyclic) bond motifs is 4. The molecule has 1 aromatic carbocycles. The first-order valence-electron chi connectivity index (χ1n) is 9.94. The van der Waals surface area contributed by atoms with Gasteiger partial charge < -0.3 is 4.74 Å². The van der Waals surface area contributed by atoms with Crippen LogP contribution in [0.25, 0.3) is 0 Å². The van der Waals surface area contributed by atoms with Crippen LogP contribution in [-0.4, -0.2) is 56.2 Å². The van der Waals surface area contributed by atoms with Crippen molar-refractivity contribution in [3.8, 4) is 5.75 Å². The summed E-state index contributed by atoms with van der Waals surface area (Å²) < 4.78 is 32.9. The number of hydrogen-bond acceptors (Lipinski definition) is 4. The molecule has 3 aliphatic rings. The van der Waals surface area contributed by atoms with E-state index in [0.717, 1.165) is 44.5 Å². The van der Waals surface area contributed by atoms with Crippen LogP contribution in [0.5, 0.6) is 5.75 Å². The second-order valence-corrected chi connectivity index (χ2v) is 10.00. The highest BCUT2D eigenvalue weighted by Gasteiger charge is 2.45. The van der Waals surface area contributed by atoms with Gasteiger partial charge in [-0.1, -0.05) is 13.0 Å². The molecule has 6 heteroatoms. The molecule has 2 fully saturated rings. The van der Waals surface area contributed by atoms with Gasteiger partial charge >= 0.3 is 0 Å². The van der Waals surface area contributed by atoms with Gasteiger partial charge in [0.05, 0.1) is 12.9 Å². The van der Waals surface area contributed by atoms with Crippen LogP contribution in [0.1, 0.15) is 49.8 Å². The molecule has 5 nitrogen and oxygen atoms in total. The van der Waals surface area contributed by atoms with E-state index in [1.54, 1.807) is 7.11 Å². The zero-order valence-corrected chi connectivity index (χ0v) is 16.7. The minimum absolute atomic E-state index is 0.162. The molecule has 0 radical (unpaired) electrons. The summed E-state index contributed by atoms with van der Waals surface area (Å²) in [6.45, 7) is 4.74. The highest BCUT2D eigenvalue weighted by molar-refractivity contribution is 7.89. The van der Waals surface area contributed by atoms with Gasteiger partial charge in [0, 0.05) is 31.7 Å². The number of nitrogens with zero attached hydrogens (tertiary/aromatic N) is 2. The Kier molecular flexibility index (Phi) is 5.01. The van der Waals surface area contributed by atoms with Crippen LogP contribution in [0.3, 0.4) is 0 Å². The van der Waals surface area contributed by atoms with Crippen molar-refractivity contribution < 1.29 is 13.2 Å². The summed E-state index contributed by atoms with van der Waals surface area (Å²) in [7, 11) is -1.43. The van der Waals surface area contributed by atoms with Crippen molar-refractivity contribution >= 4 is 10.0 Å². The molecule has 0 spiro atoms. The van der Waals surface area contributed by atoms with Crippen molar-refractivity contribution in [2.24, 2.45) is 5.92 Å². The lowest BCUT2D eigenvalue weighted by Crippen LogP contribution is -2.57. The summed E-state index contributed by atoms with van der Waals surface area (Å²) >= 11 is 0. The van der Waals surface area contributed by atoms with Gasteiger partial charge in [0.2, 0.25) is 10.0 Å². The van der Waals surface area contributed by atoms with Crippen molar-refractivity contribution in [2.45, 2.75) is 51.1 Å². The zero-order valence-electron chi connectivity index (χ0n) is 15.9. The van der Waals surface area contributed by atoms with Crippen LogP contribution in [0.4, 0.5) is 0 Å². The zero-order chi connectivity index (χ0) is 18.3. The van der Waals surface area contributed by atoms with Crippen LogP contribution >= 0.6 is 0 Å². The Morgan fingerprint density at radius 1 is 1.27 bits per heavy atom. The third kappa shape index (κ3) is 3.16. The second-order valence-electron chi connectivity index (χ2n) is 7.96. The van der Waals surface area contributed by atoms with Crippen LogP contribution in [-0.2, 0) is 16.4 Å². The van der Waals surface area contributed by atoms with Crippen molar-refractivity contribution in [3.63, 3.8) is 0 Å². The summed E-state index contributed by atoms with van der Waals surface area (Å²) in [5.41, 5.74) is 2.73. The molecule has 0 aromatic heterocycles. The highest BCUT2D eigenvalue weighted by Crippen LogP contribution is 2.44. The molecule has 1 aromatic rings. The van der Waals surface area contributed by atoms with Crippen molar-refractivity contribution in [1.82, 2.24) is 9.21 Å². The predicted octanol–water partition coefficient (Wildman–Crippen LogP) is 2.82. The third-order valence-electron chi connectivity index (χ3n) is 6.44. The minimum atomic E-state index is -3.13. The van der Waals surface area contributed by atoms with Gasteiger partial charge in [-0.25, -0.2) is 8.42 Å². The smallest absolute Gasteiger partial charge is 0.214 e. The van der Waals surface area contributed by atoms with Gasteiger partial charge in [0.1, 0.15) is 5.75 Å². The summed E-state index contributed by atoms with van der Waals surface area (Å²) in [6, 6.07) is 6.89. The number of piperidine rings is 2. The molecule has 3 heterocycles. The maximum atomic E-state index is 12.8. The van der Waals surface area contributed by atoms with Crippen molar-refractivity contribution in [3.05, 3.63) is 29.3 Å². The van der Waals surface area contributed by atoms with Gasteiger partial charge in [-0.2, -0.15) is 4.31 Å². The Bertz CT molecular complexity index is 764. The molecule has 2 saturated heterocycles. The molecule has 0 saturated carbocycles. The van der Waals surface area contributed by atoms with E-state index in [-0.39, 0.29) is 11.8 Å². The Labute approximate surface area is 157 Å². The van der Waals surface area contributed by atoms with Gasteiger partial charge in [0.25, 0.3) is 0 Å². The van der Waals surface area contributed by atoms with E-state index in [4.69, 9.17) is 4.74 Å². The molecular formula is C20H30N2O3S. The standard InChI is InChI=1S/C20H30N2O3S/c1-3-11-26(23,24)22-9-4-5-16-14-21-10-8-15-12-17(25-2)6-7-18(15)20(21)13-19(16)22/h6-7,12,16,19-20H,3-5,8-11,13-14H2,1-2H3/t16-,19+,20-/m1/s1. The summed E-state index contributed by atoms with van der Waals surface area (Å²) in [6.07, 6.45) is 4.82.